The van der Waals surface area contributed by atoms with Crippen LogP contribution in [0.3, 0.4) is 0 Å². The smallest absolute Gasteiger partial charge is 0.310 e. The Morgan fingerprint density at radius 1 is 1.40 bits per heavy atom. The molecule has 0 amide bonds. The first-order valence-electron chi connectivity index (χ1n) is 7.17. The number of carboxylic acid groups (broad SMARTS) is 1. The minimum absolute atomic E-state index is 0.215. The third-order valence-electron chi connectivity index (χ3n) is 4.16. The number of benzene rings is 1. The molecule has 0 bridgehead atoms. The standard InChI is InChI=1S/C16H23NO3/c1-12-5-3-4-6-15(12)20-11-14(16(18)19)13-7-9-17(2)10-8-13/h3-6,13-14H,7-11H2,1-2H3,(H,18,19). The summed E-state index contributed by atoms with van der Waals surface area (Å²) in [6.07, 6.45) is 1.87. The number of aryl methyl sites for hydroxylation is 1. The molecule has 0 saturated carbocycles. The van der Waals surface area contributed by atoms with Gasteiger partial charge in [0.1, 0.15) is 12.4 Å². The second kappa shape index (κ2) is 6.75. The van der Waals surface area contributed by atoms with Crippen molar-refractivity contribution in [1.82, 2.24) is 4.90 Å². The molecule has 1 aromatic carbocycles. The first-order valence-corrected chi connectivity index (χ1v) is 7.17. The van der Waals surface area contributed by atoms with Gasteiger partial charge in [-0.3, -0.25) is 4.79 Å². The molecule has 0 aliphatic carbocycles. The number of carboxylic acids is 1. The number of ether oxygens (including phenoxy) is 1. The van der Waals surface area contributed by atoms with Gasteiger partial charge in [-0.1, -0.05) is 18.2 Å². The predicted octanol–water partition coefficient (Wildman–Crippen LogP) is 2.42. The normalized spacial score (nSPS) is 18.7. The Morgan fingerprint density at radius 2 is 2.05 bits per heavy atom. The number of para-hydroxylation sites is 1. The van der Waals surface area contributed by atoms with Crippen molar-refractivity contribution < 1.29 is 14.6 Å². The Morgan fingerprint density at radius 3 is 2.65 bits per heavy atom. The van der Waals surface area contributed by atoms with Gasteiger partial charge in [0.15, 0.2) is 0 Å². The molecule has 110 valence electrons. The van der Waals surface area contributed by atoms with Gasteiger partial charge in [0.25, 0.3) is 0 Å². The minimum atomic E-state index is -0.742. The Hall–Kier alpha value is -1.55. The molecule has 0 aromatic heterocycles. The van der Waals surface area contributed by atoms with Crippen LogP contribution < -0.4 is 4.74 Å². The first-order chi connectivity index (χ1) is 9.58. The van der Waals surface area contributed by atoms with Crippen LogP contribution in [-0.2, 0) is 4.79 Å². The molecule has 2 rings (SSSR count). The van der Waals surface area contributed by atoms with Crippen LogP contribution in [0.25, 0.3) is 0 Å². The van der Waals surface area contributed by atoms with Crippen molar-refractivity contribution in [2.45, 2.75) is 19.8 Å². The molecule has 1 unspecified atom stereocenters. The zero-order chi connectivity index (χ0) is 14.5. The fraction of sp³-hybridized carbons (Fsp3) is 0.562. The number of carbonyl (C=O) groups is 1. The van der Waals surface area contributed by atoms with Gasteiger partial charge in [-0.05, 0) is 57.5 Å². The third-order valence-corrected chi connectivity index (χ3v) is 4.16. The van der Waals surface area contributed by atoms with Crippen molar-refractivity contribution in [2.75, 3.05) is 26.7 Å². The van der Waals surface area contributed by atoms with Gasteiger partial charge in [-0.2, -0.15) is 0 Å². The molecule has 1 atom stereocenters. The highest BCUT2D eigenvalue weighted by atomic mass is 16.5. The molecule has 20 heavy (non-hydrogen) atoms. The lowest BCUT2D eigenvalue weighted by molar-refractivity contribution is -0.145. The average molecular weight is 277 g/mol. The quantitative estimate of drug-likeness (QED) is 0.898. The average Bonchev–Trinajstić information content (AvgIpc) is 2.42. The van der Waals surface area contributed by atoms with Crippen LogP contribution in [0, 0.1) is 18.8 Å². The maximum atomic E-state index is 11.5. The molecule has 1 fully saturated rings. The summed E-state index contributed by atoms with van der Waals surface area (Å²) < 4.78 is 5.75. The van der Waals surface area contributed by atoms with Crippen molar-refractivity contribution >= 4 is 5.97 Å². The Bertz CT molecular complexity index is 453. The Balaban J connectivity index is 1.96. The number of piperidine rings is 1. The monoisotopic (exact) mass is 277 g/mol. The fourth-order valence-corrected chi connectivity index (χ4v) is 2.74. The van der Waals surface area contributed by atoms with Crippen LogP contribution in [0.15, 0.2) is 24.3 Å². The molecular formula is C16H23NO3. The third kappa shape index (κ3) is 3.73. The van der Waals surface area contributed by atoms with Gasteiger partial charge in [-0.15, -0.1) is 0 Å². The molecule has 1 aromatic rings. The molecule has 0 radical (unpaired) electrons. The van der Waals surface area contributed by atoms with Crippen molar-refractivity contribution in [3.8, 4) is 5.75 Å². The van der Waals surface area contributed by atoms with Crippen molar-refractivity contribution in [3.63, 3.8) is 0 Å². The van der Waals surface area contributed by atoms with Crippen molar-refractivity contribution in [2.24, 2.45) is 11.8 Å². The summed E-state index contributed by atoms with van der Waals surface area (Å²) in [5.41, 5.74) is 1.04. The molecule has 0 spiro atoms. The lowest BCUT2D eigenvalue weighted by Crippen LogP contribution is -2.38. The summed E-state index contributed by atoms with van der Waals surface area (Å²) in [5.74, 6) is -0.157. The van der Waals surface area contributed by atoms with E-state index >= 15 is 0 Å². The molecule has 4 nitrogen and oxygen atoms in total. The molecule has 4 heteroatoms. The summed E-state index contributed by atoms with van der Waals surface area (Å²) in [4.78, 5) is 13.7. The van der Waals surface area contributed by atoms with E-state index < -0.39 is 11.9 Å². The zero-order valence-electron chi connectivity index (χ0n) is 12.2. The van der Waals surface area contributed by atoms with Crippen molar-refractivity contribution in [3.05, 3.63) is 29.8 Å². The molecule has 1 saturated heterocycles. The van der Waals surface area contributed by atoms with Gasteiger partial charge >= 0.3 is 5.97 Å². The van der Waals surface area contributed by atoms with Crippen molar-refractivity contribution in [1.29, 1.82) is 0 Å². The molecule has 1 heterocycles. The maximum Gasteiger partial charge on any atom is 0.310 e. The highest BCUT2D eigenvalue weighted by Crippen LogP contribution is 2.26. The SMILES string of the molecule is Cc1ccccc1OCC(C(=O)O)C1CCN(C)CC1. The van der Waals surface area contributed by atoms with E-state index in [2.05, 4.69) is 11.9 Å². The zero-order valence-corrected chi connectivity index (χ0v) is 12.2. The number of hydrogen-bond donors (Lipinski definition) is 1. The van der Waals surface area contributed by atoms with E-state index in [0.717, 1.165) is 37.2 Å². The topological polar surface area (TPSA) is 49.8 Å². The summed E-state index contributed by atoms with van der Waals surface area (Å²) >= 11 is 0. The molecule has 1 aliphatic rings. The van der Waals surface area contributed by atoms with E-state index in [0.29, 0.717) is 0 Å². The summed E-state index contributed by atoms with van der Waals surface area (Å²) in [7, 11) is 2.08. The second-order valence-electron chi connectivity index (χ2n) is 5.66. The maximum absolute atomic E-state index is 11.5. The van der Waals surface area contributed by atoms with E-state index in [1.807, 2.05) is 31.2 Å². The molecular weight excluding hydrogens is 254 g/mol. The highest BCUT2D eigenvalue weighted by molar-refractivity contribution is 5.70. The van der Waals surface area contributed by atoms with Crippen LogP contribution in [0.4, 0.5) is 0 Å². The Kier molecular flexibility index (Phi) is 5.01. The lowest BCUT2D eigenvalue weighted by atomic mass is 9.85. The number of nitrogens with zero attached hydrogens (tertiary/aromatic N) is 1. The minimum Gasteiger partial charge on any atom is -0.492 e. The largest absolute Gasteiger partial charge is 0.492 e. The van der Waals surface area contributed by atoms with E-state index in [-0.39, 0.29) is 12.5 Å². The summed E-state index contributed by atoms with van der Waals surface area (Å²) in [6.45, 7) is 4.17. The highest BCUT2D eigenvalue weighted by Gasteiger charge is 2.31. The van der Waals surface area contributed by atoms with Crippen LogP contribution in [0.1, 0.15) is 18.4 Å². The Labute approximate surface area is 120 Å². The van der Waals surface area contributed by atoms with Gasteiger partial charge in [0.2, 0.25) is 0 Å². The van der Waals surface area contributed by atoms with E-state index in [1.54, 1.807) is 0 Å². The summed E-state index contributed by atoms with van der Waals surface area (Å²) in [5, 5.41) is 9.45. The number of likely N-dealkylation sites (tertiary alicyclic amines) is 1. The first kappa shape index (κ1) is 14.9. The second-order valence-corrected chi connectivity index (χ2v) is 5.66. The van der Waals surface area contributed by atoms with Gasteiger partial charge in [-0.25, -0.2) is 0 Å². The van der Waals surface area contributed by atoms with Gasteiger partial charge in [0, 0.05) is 0 Å². The summed E-state index contributed by atoms with van der Waals surface area (Å²) in [6, 6.07) is 7.73. The van der Waals surface area contributed by atoms with Crippen LogP contribution in [0.5, 0.6) is 5.75 Å². The molecule has 1 N–H and O–H groups in total. The van der Waals surface area contributed by atoms with Crippen LogP contribution in [0.2, 0.25) is 0 Å². The van der Waals surface area contributed by atoms with E-state index in [9.17, 15) is 9.90 Å². The number of aliphatic carboxylic acids is 1. The van der Waals surface area contributed by atoms with Crippen LogP contribution >= 0.6 is 0 Å². The van der Waals surface area contributed by atoms with E-state index in [4.69, 9.17) is 4.74 Å². The number of hydrogen-bond acceptors (Lipinski definition) is 3. The number of rotatable bonds is 5. The lowest BCUT2D eigenvalue weighted by Gasteiger charge is -2.32. The molecule has 1 aliphatic heterocycles. The van der Waals surface area contributed by atoms with E-state index in [1.165, 1.54) is 0 Å². The fourth-order valence-electron chi connectivity index (χ4n) is 2.74. The predicted molar refractivity (Wildman–Crippen MR) is 78.0 cm³/mol. The van der Waals surface area contributed by atoms with Gasteiger partial charge in [0.05, 0.1) is 5.92 Å². The van der Waals surface area contributed by atoms with Gasteiger partial charge < -0.3 is 14.7 Å². The van der Waals surface area contributed by atoms with Crippen LogP contribution in [-0.4, -0.2) is 42.7 Å².